The molecule has 5 rings (SSSR count). The van der Waals surface area contributed by atoms with Gasteiger partial charge in [0.15, 0.2) is 45.6 Å². The van der Waals surface area contributed by atoms with Gasteiger partial charge in [0.1, 0.15) is 0 Å². The highest BCUT2D eigenvalue weighted by atomic mass is 79.9. The van der Waals surface area contributed by atoms with Crippen LogP contribution in [0.15, 0.2) is 51.2 Å². The molecule has 3 aliphatic heterocycles. The Morgan fingerprint density at radius 1 is 1.16 bits per heavy atom. The lowest BCUT2D eigenvalue weighted by molar-refractivity contribution is 0.174. The van der Waals surface area contributed by atoms with Gasteiger partial charge >= 0.3 is 0 Å². The van der Waals surface area contributed by atoms with E-state index in [1.165, 1.54) is 24.2 Å². The van der Waals surface area contributed by atoms with Crippen molar-refractivity contribution in [1.29, 1.82) is 0 Å². The van der Waals surface area contributed by atoms with Gasteiger partial charge in [-0.25, -0.2) is 23.7 Å². The van der Waals surface area contributed by atoms with Gasteiger partial charge in [-0.05, 0) is 57.9 Å². The van der Waals surface area contributed by atoms with Gasteiger partial charge in [0.25, 0.3) is 0 Å². The number of rotatable bonds is 5. The second kappa shape index (κ2) is 7.97. The molecule has 11 heteroatoms. The number of nitrogen functional groups attached to an aromatic ring is 1. The molecule has 3 aliphatic rings. The Balaban J connectivity index is 1.43. The second-order valence-electron chi connectivity index (χ2n) is 6.70. The van der Waals surface area contributed by atoms with Gasteiger partial charge in [0, 0.05) is 15.9 Å². The first-order valence-corrected chi connectivity index (χ1v) is 10.8. The van der Waals surface area contributed by atoms with Crippen LogP contribution in [0.5, 0.6) is 11.5 Å². The maximum Gasteiger partial charge on any atom is 0.231 e. The van der Waals surface area contributed by atoms with E-state index >= 15 is 0 Å². The fourth-order valence-corrected chi connectivity index (χ4v) is 4.55. The third-order valence-electron chi connectivity index (χ3n) is 4.75. The van der Waals surface area contributed by atoms with Gasteiger partial charge in [-0.15, -0.1) is 0 Å². The summed E-state index contributed by atoms with van der Waals surface area (Å²) >= 11 is 4.85. The minimum atomic E-state index is -0.871. The zero-order valence-electron chi connectivity index (χ0n) is 15.8. The number of imidazole rings is 1. The monoisotopic (exact) mass is 505 g/mol. The van der Waals surface area contributed by atoms with Gasteiger partial charge in [0.05, 0.1) is 6.33 Å². The van der Waals surface area contributed by atoms with Crippen LogP contribution in [-0.4, -0.2) is 26.3 Å². The summed E-state index contributed by atoms with van der Waals surface area (Å²) in [4.78, 5) is 14.1. The SMILES string of the molecule is Nc1ncn(CCc2cccc(F)c2F)c2nc(Sc3cc4c(cc3Br)OCO4)nc1-2. The summed E-state index contributed by atoms with van der Waals surface area (Å²) in [7, 11) is 0. The van der Waals surface area contributed by atoms with Crippen LogP contribution in [0.1, 0.15) is 5.56 Å². The van der Waals surface area contributed by atoms with Crippen LogP contribution < -0.4 is 15.2 Å². The summed E-state index contributed by atoms with van der Waals surface area (Å²) in [6.45, 7) is 0.515. The van der Waals surface area contributed by atoms with Crippen molar-refractivity contribution in [2.24, 2.45) is 0 Å². The van der Waals surface area contributed by atoms with Gasteiger partial charge in [-0.3, -0.25) is 0 Å². The predicted octanol–water partition coefficient (Wildman–Crippen LogP) is 4.52. The Bertz CT molecular complexity index is 1270. The number of anilines is 1. The van der Waals surface area contributed by atoms with Crippen molar-refractivity contribution in [3.63, 3.8) is 0 Å². The average Bonchev–Trinajstić information content (AvgIpc) is 3.38. The summed E-state index contributed by atoms with van der Waals surface area (Å²) in [6.07, 6.45) is 1.78. The van der Waals surface area contributed by atoms with Crippen LogP contribution in [0.4, 0.5) is 14.6 Å². The topological polar surface area (TPSA) is 88.1 Å². The first kappa shape index (κ1) is 20.0. The molecular weight excluding hydrogens is 492 g/mol. The largest absolute Gasteiger partial charge is 0.454 e. The molecule has 0 spiro atoms. The number of halogens is 3. The van der Waals surface area contributed by atoms with Crippen molar-refractivity contribution in [2.75, 3.05) is 12.5 Å². The van der Waals surface area contributed by atoms with Crippen molar-refractivity contribution < 1.29 is 18.3 Å². The molecule has 0 saturated carbocycles. The first-order valence-electron chi connectivity index (χ1n) is 9.18. The zero-order valence-corrected chi connectivity index (χ0v) is 18.2. The number of hydrogen-bond acceptors (Lipinski definition) is 7. The zero-order chi connectivity index (χ0) is 21.5. The predicted molar refractivity (Wildman–Crippen MR) is 113 cm³/mol. The van der Waals surface area contributed by atoms with E-state index in [4.69, 9.17) is 15.2 Å². The van der Waals surface area contributed by atoms with E-state index < -0.39 is 11.6 Å². The molecule has 31 heavy (non-hydrogen) atoms. The van der Waals surface area contributed by atoms with Crippen LogP contribution in [0, 0.1) is 11.6 Å². The van der Waals surface area contributed by atoms with Crippen LogP contribution in [0.25, 0.3) is 11.5 Å². The number of benzene rings is 2. The molecule has 158 valence electrons. The smallest absolute Gasteiger partial charge is 0.231 e. The first-order chi connectivity index (χ1) is 15.0. The Hall–Kier alpha value is -2.92. The third kappa shape index (κ3) is 3.79. The molecule has 3 heterocycles. The van der Waals surface area contributed by atoms with E-state index in [0.29, 0.717) is 34.7 Å². The molecule has 2 N–H and O–H groups in total. The third-order valence-corrected chi connectivity index (χ3v) is 6.59. The molecule has 2 aromatic carbocycles. The quantitative estimate of drug-likeness (QED) is 0.426. The maximum absolute atomic E-state index is 14.0. The molecule has 7 nitrogen and oxygen atoms in total. The fraction of sp³-hybridized carbons (Fsp3) is 0.150. The number of hydrogen-bond donors (Lipinski definition) is 1. The van der Waals surface area contributed by atoms with E-state index in [2.05, 4.69) is 30.9 Å². The highest BCUT2D eigenvalue weighted by Gasteiger charge is 2.22. The Morgan fingerprint density at radius 3 is 2.81 bits per heavy atom. The van der Waals surface area contributed by atoms with Crippen molar-refractivity contribution >= 4 is 33.5 Å². The van der Waals surface area contributed by atoms with Crippen LogP contribution in [-0.2, 0) is 13.0 Å². The van der Waals surface area contributed by atoms with Gasteiger partial charge < -0.3 is 19.8 Å². The lowest BCUT2D eigenvalue weighted by Crippen LogP contribution is -2.10. The molecule has 0 aromatic heterocycles. The maximum atomic E-state index is 14.0. The lowest BCUT2D eigenvalue weighted by Gasteiger charge is -2.11. The summed E-state index contributed by atoms with van der Waals surface area (Å²) in [5.74, 6) is 0.358. The average molecular weight is 506 g/mol. The van der Waals surface area contributed by atoms with Crippen LogP contribution in [0.3, 0.4) is 0 Å². The summed E-state index contributed by atoms with van der Waals surface area (Å²) in [5.41, 5.74) is 6.72. The number of aromatic nitrogens is 4. The minimum Gasteiger partial charge on any atom is -0.454 e. The van der Waals surface area contributed by atoms with Crippen molar-refractivity contribution in [2.45, 2.75) is 23.0 Å². The normalized spacial score (nSPS) is 12.6. The molecule has 0 amide bonds. The number of nitrogens with zero attached hydrogens (tertiary/aromatic N) is 4. The lowest BCUT2D eigenvalue weighted by atomic mass is 10.1. The van der Waals surface area contributed by atoms with Crippen molar-refractivity contribution in [1.82, 2.24) is 19.5 Å². The standard InChI is InChI=1S/C20H14BrF2N5O2S/c21-11-6-13-14(30-9-29-13)7-15(11)31-20-26-17-18(24)25-8-28(19(17)27-20)5-4-10-2-1-3-12(22)16(10)23/h1-3,6-8H,4-5,9,24H2. The minimum absolute atomic E-state index is 0.181. The van der Waals surface area contributed by atoms with Crippen molar-refractivity contribution in [3.05, 3.63) is 58.3 Å². The van der Waals surface area contributed by atoms with Crippen LogP contribution >= 0.6 is 27.7 Å². The number of fused-ring (bicyclic) bond motifs is 2. The summed E-state index contributed by atoms with van der Waals surface area (Å²) in [6, 6.07) is 7.80. The highest BCUT2D eigenvalue weighted by molar-refractivity contribution is 9.10. The van der Waals surface area contributed by atoms with E-state index in [0.717, 1.165) is 15.4 Å². The molecule has 0 radical (unpaired) electrons. The number of nitrogens with two attached hydrogens (primary N) is 1. The summed E-state index contributed by atoms with van der Waals surface area (Å²) in [5, 5.41) is 0.472. The molecule has 0 bridgehead atoms. The molecule has 0 fully saturated rings. The fourth-order valence-electron chi connectivity index (χ4n) is 3.20. The number of ether oxygens (including phenoxy) is 2. The van der Waals surface area contributed by atoms with E-state index in [1.54, 1.807) is 10.6 Å². The van der Waals surface area contributed by atoms with Crippen molar-refractivity contribution in [3.8, 4) is 23.0 Å². The second-order valence-corrected chi connectivity index (χ2v) is 8.57. The Morgan fingerprint density at radius 2 is 1.97 bits per heavy atom. The molecule has 0 saturated heterocycles. The highest BCUT2D eigenvalue weighted by Crippen LogP contribution is 2.43. The molecule has 0 atom stereocenters. The Labute approximate surface area is 188 Å². The van der Waals surface area contributed by atoms with Gasteiger partial charge in [0.2, 0.25) is 6.79 Å². The van der Waals surface area contributed by atoms with E-state index in [1.807, 2.05) is 12.1 Å². The van der Waals surface area contributed by atoms with Crippen LogP contribution in [0.2, 0.25) is 0 Å². The van der Waals surface area contributed by atoms with E-state index in [-0.39, 0.29) is 24.6 Å². The molecule has 0 unspecified atom stereocenters. The van der Waals surface area contributed by atoms with Gasteiger partial charge in [-0.1, -0.05) is 12.1 Å². The molecular formula is C20H14BrF2N5O2S. The van der Waals surface area contributed by atoms with Gasteiger partial charge in [-0.2, -0.15) is 0 Å². The number of aryl methyl sites for hydroxylation is 2. The Kier molecular flexibility index (Phi) is 5.14. The molecule has 0 aliphatic carbocycles. The van der Waals surface area contributed by atoms with E-state index in [9.17, 15) is 8.78 Å². The summed E-state index contributed by atoms with van der Waals surface area (Å²) < 4.78 is 40.8. The molecule has 2 aromatic rings.